The van der Waals surface area contributed by atoms with Crippen LogP contribution in [0.25, 0.3) is 21.8 Å². The minimum absolute atomic E-state index is 0.350. The van der Waals surface area contributed by atoms with Crippen molar-refractivity contribution in [2.45, 2.75) is 26.5 Å². The minimum atomic E-state index is -0.350. The molecule has 98 valence electrons. The van der Waals surface area contributed by atoms with Crippen LogP contribution >= 0.6 is 0 Å². The lowest BCUT2D eigenvalue weighted by molar-refractivity contribution is -0.0658. The molecule has 3 rings (SSSR count). The molecule has 0 radical (unpaired) electrons. The topological polar surface area (TPSA) is 14.2 Å². The monoisotopic (exact) mass is 253 g/mol. The Morgan fingerprint density at radius 1 is 0.895 bits per heavy atom. The third-order valence-electron chi connectivity index (χ3n) is 3.62. The number of nitrogens with zero attached hydrogens (tertiary/aromatic N) is 1. The van der Waals surface area contributed by atoms with Crippen molar-refractivity contribution in [3.63, 3.8) is 0 Å². The molecular weight excluding hydrogens is 234 g/mol. The molecule has 3 aromatic rings. The lowest BCUT2D eigenvalue weighted by atomic mass is 10.2. The van der Waals surface area contributed by atoms with Crippen LogP contribution in [0.1, 0.15) is 20.8 Å². The third kappa shape index (κ3) is 1.83. The maximum Gasteiger partial charge on any atom is 0.139 e. The van der Waals surface area contributed by atoms with E-state index in [9.17, 15) is 0 Å². The van der Waals surface area contributed by atoms with Gasteiger partial charge in [-0.1, -0.05) is 36.4 Å². The average molecular weight is 253 g/mol. The molecule has 0 spiro atoms. The van der Waals surface area contributed by atoms with Crippen molar-refractivity contribution in [2.75, 3.05) is 6.61 Å². The molecule has 0 fully saturated rings. The van der Waals surface area contributed by atoms with E-state index in [1.807, 2.05) is 6.92 Å². The Kier molecular flexibility index (Phi) is 2.83. The van der Waals surface area contributed by atoms with Gasteiger partial charge in [-0.25, -0.2) is 0 Å². The van der Waals surface area contributed by atoms with Crippen LogP contribution < -0.4 is 0 Å². The van der Waals surface area contributed by atoms with E-state index in [1.54, 1.807) is 0 Å². The van der Waals surface area contributed by atoms with Crippen LogP contribution in [0.4, 0.5) is 0 Å². The maximum atomic E-state index is 5.95. The number of hydrogen-bond donors (Lipinski definition) is 0. The summed E-state index contributed by atoms with van der Waals surface area (Å²) in [7, 11) is 0. The van der Waals surface area contributed by atoms with E-state index in [1.165, 1.54) is 21.8 Å². The number of aromatic nitrogens is 1. The Bertz CT molecular complexity index is 671. The van der Waals surface area contributed by atoms with E-state index in [0.717, 1.165) is 0 Å². The third-order valence-corrected chi connectivity index (χ3v) is 3.62. The molecule has 0 saturated carbocycles. The maximum absolute atomic E-state index is 5.95. The Morgan fingerprint density at radius 2 is 1.37 bits per heavy atom. The number of ether oxygens (including phenoxy) is 1. The fourth-order valence-corrected chi connectivity index (χ4v) is 2.92. The summed E-state index contributed by atoms with van der Waals surface area (Å²) in [5.74, 6) is 0. The summed E-state index contributed by atoms with van der Waals surface area (Å²) < 4.78 is 8.25. The summed E-state index contributed by atoms with van der Waals surface area (Å²) in [4.78, 5) is 0. The lowest BCUT2D eigenvalue weighted by Crippen LogP contribution is -2.29. The van der Waals surface area contributed by atoms with Crippen LogP contribution in [-0.4, -0.2) is 11.2 Å². The van der Waals surface area contributed by atoms with Gasteiger partial charge in [0.15, 0.2) is 0 Å². The van der Waals surface area contributed by atoms with Gasteiger partial charge in [0.1, 0.15) is 5.72 Å². The highest BCUT2D eigenvalue weighted by Crippen LogP contribution is 2.34. The molecule has 0 amide bonds. The van der Waals surface area contributed by atoms with Gasteiger partial charge in [0.2, 0.25) is 0 Å². The average Bonchev–Trinajstić information content (AvgIpc) is 2.74. The van der Waals surface area contributed by atoms with Gasteiger partial charge in [-0.2, -0.15) is 0 Å². The van der Waals surface area contributed by atoms with Crippen LogP contribution in [0, 0.1) is 0 Å². The molecule has 19 heavy (non-hydrogen) atoms. The summed E-state index contributed by atoms with van der Waals surface area (Å²) in [5, 5.41) is 2.57. The smallest absolute Gasteiger partial charge is 0.139 e. The van der Waals surface area contributed by atoms with Gasteiger partial charge in [-0.3, -0.25) is 0 Å². The highest BCUT2D eigenvalue weighted by molar-refractivity contribution is 6.08. The first kappa shape index (κ1) is 12.2. The lowest BCUT2D eigenvalue weighted by Gasteiger charge is -2.28. The molecule has 0 aliphatic rings. The van der Waals surface area contributed by atoms with Crippen LogP contribution in [0.15, 0.2) is 48.5 Å². The summed E-state index contributed by atoms with van der Waals surface area (Å²) in [5.41, 5.74) is 2.10. The van der Waals surface area contributed by atoms with Crippen molar-refractivity contribution >= 4 is 21.8 Å². The van der Waals surface area contributed by atoms with Gasteiger partial charge in [-0.05, 0) is 32.9 Å². The first-order valence-corrected chi connectivity index (χ1v) is 6.78. The summed E-state index contributed by atoms with van der Waals surface area (Å²) >= 11 is 0. The second-order valence-corrected chi connectivity index (χ2v) is 5.25. The number of hydrogen-bond acceptors (Lipinski definition) is 1. The van der Waals surface area contributed by atoms with Crippen molar-refractivity contribution in [3.8, 4) is 0 Å². The van der Waals surface area contributed by atoms with E-state index >= 15 is 0 Å². The van der Waals surface area contributed by atoms with E-state index in [-0.39, 0.29) is 5.72 Å². The molecule has 2 aromatic carbocycles. The van der Waals surface area contributed by atoms with Gasteiger partial charge >= 0.3 is 0 Å². The summed E-state index contributed by atoms with van der Waals surface area (Å²) in [6.45, 7) is 6.98. The van der Waals surface area contributed by atoms with Crippen molar-refractivity contribution in [1.29, 1.82) is 0 Å². The van der Waals surface area contributed by atoms with Crippen LogP contribution in [0.5, 0.6) is 0 Å². The summed E-state index contributed by atoms with van der Waals surface area (Å²) in [6.07, 6.45) is 0. The molecule has 2 nitrogen and oxygen atoms in total. The van der Waals surface area contributed by atoms with Crippen LogP contribution in [0.3, 0.4) is 0 Å². The molecule has 0 N–H and O–H groups in total. The molecule has 1 heterocycles. The SMILES string of the molecule is CCOC(C)(C)n1c2ccccc2c2ccccc21. The zero-order chi connectivity index (χ0) is 13.5. The predicted octanol–water partition coefficient (Wildman–Crippen LogP) is 4.52. The van der Waals surface area contributed by atoms with Crippen molar-refractivity contribution in [1.82, 2.24) is 4.57 Å². The van der Waals surface area contributed by atoms with Crippen molar-refractivity contribution in [3.05, 3.63) is 48.5 Å². The second-order valence-electron chi connectivity index (χ2n) is 5.25. The predicted molar refractivity (Wildman–Crippen MR) is 80.4 cm³/mol. The Morgan fingerprint density at radius 3 is 1.84 bits per heavy atom. The zero-order valence-electron chi connectivity index (χ0n) is 11.7. The quantitative estimate of drug-likeness (QED) is 0.669. The summed E-state index contributed by atoms with van der Waals surface area (Å²) in [6, 6.07) is 17.0. The Labute approximate surface area is 113 Å². The van der Waals surface area contributed by atoms with Crippen molar-refractivity contribution in [2.24, 2.45) is 0 Å². The fourth-order valence-electron chi connectivity index (χ4n) is 2.92. The van der Waals surface area contributed by atoms with E-state index in [4.69, 9.17) is 4.74 Å². The molecule has 0 unspecified atom stereocenters. The van der Waals surface area contributed by atoms with Gasteiger partial charge in [0.05, 0.1) is 11.0 Å². The molecule has 0 aliphatic heterocycles. The van der Waals surface area contributed by atoms with E-state index in [0.29, 0.717) is 6.61 Å². The zero-order valence-corrected chi connectivity index (χ0v) is 11.7. The minimum Gasteiger partial charge on any atom is -0.356 e. The van der Waals surface area contributed by atoms with Crippen molar-refractivity contribution < 1.29 is 4.74 Å². The standard InChI is InChI=1S/C17H19NO/c1-4-19-17(2,3)18-15-11-7-5-9-13(15)14-10-6-8-12-16(14)18/h5-12H,4H2,1-3H3. The first-order chi connectivity index (χ1) is 9.15. The number of para-hydroxylation sites is 2. The highest BCUT2D eigenvalue weighted by Gasteiger charge is 2.24. The molecular formula is C17H19NO. The molecule has 0 saturated heterocycles. The van der Waals surface area contributed by atoms with Gasteiger partial charge < -0.3 is 9.30 Å². The molecule has 0 atom stereocenters. The Hall–Kier alpha value is -1.80. The molecule has 0 bridgehead atoms. The number of benzene rings is 2. The van der Waals surface area contributed by atoms with Crippen LogP contribution in [0.2, 0.25) is 0 Å². The van der Waals surface area contributed by atoms with Crippen LogP contribution in [-0.2, 0) is 10.5 Å². The molecule has 0 aliphatic carbocycles. The van der Waals surface area contributed by atoms with E-state index < -0.39 is 0 Å². The number of fused-ring (bicyclic) bond motifs is 3. The van der Waals surface area contributed by atoms with E-state index in [2.05, 4.69) is 66.9 Å². The highest BCUT2D eigenvalue weighted by atomic mass is 16.5. The van der Waals surface area contributed by atoms with Gasteiger partial charge in [0.25, 0.3) is 0 Å². The molecule has 1 aromatic heterocycles. The normalized spacial score (nSPS) is 12.4. The largest absolute Gasteiger partial charge is 0.356 e. The first-order valence-electron chi connectivity index (χ1n) is 6.78. The fraction of sp³-hybridized carbons (Fsp3) is 0.294. The second kappa shape index (κ2) is 4.39. The molecule has 2 heteroatoms. The van der Waals surface area contributed by atoms with Gasteiger partial charge in [-0.15, -0.1) is 0 Å². The number of rotatable bonds is 3. The Balaban J connectivity index is 2.43. The van der Waals surface area contributed by atoms with Gasteiger partial charge in [0, 0.05) is 17.4 Å².